The van der Waals surface area contributed by atoms with Crippen LogP contribution in [0.1, 0.15) is 37.0 Å². The monoisotopic (exact) mass is 274 g/mol. The molecule has 3 rings (SSSR count). The van der Waals surface area contributed by atoms with Crippen molar-refractivity contribution in [3.63, 3.8) is 0 Å². The first-order valence-corrected chi connectivity index (χ1v) is 7.47. The van der Waals surface area contributed by atoms with Crippen LogP contribution in [0.5, 0.6) is 5.75 Å². The highest BCUT2D eigenvalue weighted by Crippen LogP contribution is 2.33. The molecule has 1 fully saturated rings. The summed E-state index contributed by atoms with van der Waals surface area (Å²) in [6.07, 6.45) is 2.17. The van der Waals surface area contributed by atoms with Crippen molar-refractivity contribution in [3.8, 4) is 5.75 Å². The Morgan fingerprint density at radius 3 is 3.05 bits per heavy atom. The molecule has 0 saturated carbocycles. The topological polar surface area (TPSA) is 41.6 Å². The summed E-state index contributed by atoms with van der Waals surface area (Å²) >= 11 is 0. The van der Waals surface area contributed by atoms with E-state index < -0.39 is 0 Å². The third kappa shape index (κ3) is 2.35. The number of carbonyl (C=O) groups is 1. The molecule has 0 spiro atoms. The molecule has 2 aliphatic heterocycles. The lowest BCUT2D eigenvalue weighted by Gasteiger charge is -2.37. The number of amides is 1. The van der Waals surface area contributed by atoms with E-state index in [9.17, 15) is 4.79 Å². The second-order valence-electron chi connectivity index (χ2n) is 5.93. The summed E-state index contributed by atoms with van der Waals surface area (Å²) < 4.78 is 5.71. The molecule has 4 nitrogen and oxygen atoms in total. The van der Waals surface area contributed by atoms with Crippen molar-refractivity contribution in [1.29, 1.82) is 0 Å². The van der Waals surface area contributed by atoms with Crippen molar-refractivity contribution in [3.05, 3.63) is 23.8 Å². The van der Waals surface area contributed by atoms with Gasteiger partial charge in [0.05, 0.1) is 11.3 Å². The molecule has 1 amide bonds. The Morgan fingerprint density at radius 2 is 2.25 bits per heavy atom. The number of piperidine rings is 1. The van der Waals surface area contributed by atoms with Crippen LogP contribution in [0, 0.1) is 5.92 Å². The van der Waals surface area contributed by atoms with Gasteiger partial charge in [0.1, 0.15) is 6.61 Å². The molecule has 1 N–H and O–H groups in total. The van der Waals surface area contributed by atoms with E-state index in [1.54, 1.807) is 0 Å². The van der Waals surface area contributed by atoms with Crippen LogP contribution in [0.15, 0.2) is 18.2 Å². The number of carbonyl (C=O) groups excluding carboxylic acids is 1. The maximum Gasteiger partial charge on any atom is 0.257 e. The van der Waals surface area contributed by atoms with Gasteiger partial charge < -0.3 is 15.0 Å². The predicted molar refractivity (Wildman–Crippen MR) is 79.3 cm³/mol. The fourth-order valence-electron chi connectivity index (χ4n) is 3.20. The molecule has 0 aliphatic carbocycles. The molecule has 2 unspecified atom stereocenters. The van der Waals surface area contributed by atoms with Crippen LogP contribution in [-0.4, -0.2) is 36.5 Å². The second kappa shape index (κ2) is 5.35. The molecule has 0 radical (unpaired) electrons. The van der Waals surface area contributed by atoms with Gasteiger partial charge in [-0.25, -0.2) is 0 Å². The number of benzene rings is 1. The van der Waals surface area contributed by atoms with Gasteiger partial charge in [0, 0.05) is 19.1 Å². The van der Waals surface area contributed by atoms with Gasteiger partial charge in [-0.3, -0.25) is 4.79 Å². The molecule has 108 valence electrons. The van der Waals surface area contributed by atoms with E-state index in [0.717, 1.165) is 37.4 Å². The Morgan fingerprint density at radius 1 is 1.40 bits per heavy atom. The van der Waals surface area contributed by atoms with Gasteiger partial charge >= 0.3 is 0 Å². The van der Waals surface area contributed by atoms with Crippen LogP contribution in [0.2, 0.25) is 0 Å². The number of hydrogen-bond donors (Lipinski definition) is 1. The van der Waals surface area contributed by atoms with E-state index in [-0.39, 0.29) is 5.91 Å². The zero-order chi connectivity index (χ0) is 14.1. The number of anilines is 1. The summed E-state index contributed by atoms with van der Waals surface area (Å²) in [5.74, 6) is 1.52. The molecule has 2 atom stereocenters. The molecule has 0 bridgehead atoms. The molecular weight excluding hydrogens is 252 g/mol. The minimum atomic E-state index is 0.102. The summed E-state index contributed by atoms with van der Waals surface area (Å²) in [5, 5.41) is 3.28. The van der Waals surface area contributed by atoms with Crippen molar-refractivity contribution in [1.82, 2.24) is 4.90 Å². The number of likely N-dealkylation sites (tertiary alicyclic amines) is 1. The second-order valence-corrected chi connectivity index (χ2v) is 5.93. The van der Waals surface area contributed by atoms with Crippen molar-refractivity contribution in [2.45, 2.75) is 32.7 Å². The van der Waals surface area contributed by atoms with Gasteiger partial charge in [-0.05, 0) is 37.8 Å². The van der Waals surface area contributed by atoms with E-state index >= 15 is 0 Å². The minimum absolute atomic E-state index is 0.102. The number of rotatable bonds is 1. The van der Waals surface area contributed by atoms with E-state index in [1.165, 1.54) is 0 Å². The molecular formula is C16H22N2O2. The number of nitrogens with one attached hydrogen (secondary N) is 1. The Bertz CT molecular complexity index is 515. The Labute approximate surface area is 120 Å². The smallest absolute Gasteiger partial charge is 0.257 e. The average Bonchev–Trinajstić information content (AvgIpc) is 2.46. The number of hydrogen-bond acceptors (Lipinski definition) is 3. The Hall–Kier alpha value is -1.71. The van der Waals surface area contributed by atoms with E-state index in [4.69, 9.17) is 4.74 Å². The predicted octanol–water partition coefficient (Wildman–Crippen LogP) is 2.75. The molecule has 1 saturated heterocycles. The summed E-state index contributed by atoms with van der Waals surface area (Å²) in [4.78, 5) is 14.8. The summed E-state index contributed by atoms with van der Waals surface area (Å²) in [7, 11) is 0. The molecule has 0 aromatic heterocycles. The molecule has 2 aliphatic rings. The van der Waals surface area contributed by atoms with Crippen LogP contribution in [0.3, 0.4) is 0 Å². The Balaban J connectivity index is 1.87. The fraction of sp³-hybridized carbons (Fsp3) is 0.562. The zero-order valence-corrected chi connectivity index (χ0v) is 12.2. The van der Waals surface area contributed by atoms with Crippen molar-refractivity contribution < 1.29 is 9.53 Å². The van der Waals surface area contributed by atoms with Crippen molar-refractivity contribution in [2.75, 3.05) is 25.0 Å². The lowest BCUT2D eigenvalue weighted by Crippen LogP contribution is -2.44. The Kier molecular flexibility index (Phi) is 3.55. The van der Waals surface area contributed by atoms with Gasteiger partial charge in [0.15, 0.2) is 5.75 Å². The largest absolute Gasteiger partial charge is 0.489 e. The number of fused-ring (bicyclic) bond motifs is 1. The van der Waals surface area contributed by atoms with Gasteiger partial charge in [-0.2, -0.15) is 0 Å². The van der Waals surface area contributed by atoms with Gasteiger partial charge in [0.2, 0.25) is 0 Å². The van der Waals surface area contributed by atoms with Crippen LogP contribution in [0.25, 0.3) is 0 Å². The van der Waals surface area contributed by atoms with E-state index in [0.29, 0.717) is 24.1 Å². The SMILES string of the molecule is CC1CCN(C(=O)c2cccc3c2OCCN3)C(C)C1. The first-order chi connectivity index (χ1) is 9.66. The lowest BCUT2D eigenvalue weighted by molar-refractivity contribution is 0.0584. The average molecular weight is 274 g/mol. The van der Waals surface area contributed by atoms with E-state index in [2.05, 4.69) is 19.2 Å². The van der Waals surface area contributed by atoms with Crippen molar-refractivity contribution >= 4 is 11.6 Å². The third-order valence-electron chi connectivity index (χ3n) is 4.31. The number of nitrogens with zero attached hydrogens (tertiary/aromatic N) is 1. The van der Waals surface area contributed by atoms with Crippen LogP contribution in [-0.2, 0) is 0 Å². The summed E-state index contributed by atoms with van der Waals surface area (Å²) in [6, 6.07) is 6.07. The fourth-order valence-corrected chi connectivity index (χ4v) is 3.20. The quantitative estimate of drug-likeness (QED) is 0.856. The van der Waals surface area contributed by atoms with Gasteiger partial charge in [0.25, 0.3) is 5.91 Å². The summed E-state index contributed by atoms with van der Waals surface area (Å²) in [5.41, 5.74) is 1.62. The highest BCUT2D eigenvalue weighted by molar-refractivity contribution is 5.99. The van der Waals surface area contributed by atoms with Gasteiger partial charge in [-0.15, -0.1) is 0 Å². The maximum absolute atomic E-state index is 12.8. The van der Waals surface area contributed by atoms with Gasteiger partial charge in [-0.1, -0.05) is 13.0 Å². The third-order valence-corrected chi connectivity index (χ3v) is 4.31. The summed E-state index contributed by atoms with van der Waals surface area (Å²) in [6.45, 7) is 6.65. The molecule has 20 heavy (non-hydrogen) atoms. The first kappa shape index (κ1) is 13.3. The van der Waals surface area contributed by atoms with Crippen LogP contribution in [0.4, 0.5) is 5.69 Å². The molecule has 1 aromatic rings. The van der Waals surface area contributed by atoms with Crippen LogP contribution < -0.4 is 10.1 Å². The van der Waals surface area contributed by atoms with Crippen LogP contribution >= 0.6 is 0 Å². The highest BCUT2D eigenvalue weighted by atomic mass is 16.5. The molecule has 1 aromatic carbocycles. The molecule has 2 heterocycles. The first-order valence-electron chi connectivity index (χ1n) is 7.47. The standard InChI is InChI=1S/C16H22N2O2/c1-11-6-8-18(12(2)10-11)16(19)13-4-3-5-14-15(13)20-9-7-17-14/h3-5,11-12,17H,6-10H2,1-2H3. The van der Waals surface area contributed by atoms with Crippen molar-refractivity contribution in [2.24, 2.45) is 5.92 Å². The maximum atomic E-state index is 12.8. The zero-order valence-electron chi connectivity index (χ0n) is 12.2. The lowest BCUT2D eigenvalue weighted by atomic mass is 9.92. The highest BCUT2D eigenvalue weighted by Gasteiger charge is 2.30. The normalized spacial score (nSPS) is 25.4. The number of para-hydroxylation sites is 1. The number of ether oxygens (including phenoxy) is 1. The van der Waals surface area contributed by atoms with E-state index in [1.807, 2.05) is 23.1 Å². The minimum Gasteiger partial charge on any atom is -0.489 e. The molecule has 4 heteroatoms.